The Morgan fingerprint density at radius 1 is 1.25 bits per heavy atom. The molecule has 0 spiro atoms. The highest BCUT2D eigenvalue weighted by molar-refractivity contribution is 5.44. The second-order valence-electron chi connectivity index (χ2n) is 5.85. The lowest BCUT2D eigenvalue weighted by molar-refractivity contribution is -0.0144. The summed E-state index contributed by atoms with van der Waals surface area (Å²) >= 11 is 0. The maximum Gasteiger partial charge on any atom is 0.128 e. The van der Waals surface area contributed by atoms with Gasteiger partial charge < -0.3 is 14.7 Å². The summed E-state index contributed by atoms with van der Waals surface area (Å²) in [4.78, 5) is 4.70. The van der Waals surface area contributed by atoms with Crippen molar-refractivity contribution in [3.63, 3.8) is 0 Å². The topological polar surface area (TPSA) is 35.9 Å². The Kier molecular flexibility index (Phi) is 3.96. The molecule has 2 atom stereocenters. The number of aliphatic hydroxyl groups excluding tert-OH is 1. The van der Waals surface area contributed by atoms with Gasteiger partial charge in [-0.1, -0.05) is 25.1 Å². The van der Waals surface area contributed by atoms with Crippen molar-refractivity contribution in [1.29, 1.82) is 0 Å². The summed E-state index contributed by atoms with van der Waals surface area (Å²) in [7, 11) is 2.15. The van der Waals surface area contributed by atoms with Crippen LogP contribution in [-0.4, -0.2) is 60.8 Å². The minimum atomic E-state index is -0.436. The van der Waals surface area contributed by atoms with Crippen LogP contribution >= 0.6 is 0 Å². The molecule has 0 saturated carbocycles. The van der Waals surface area contributed by atoms with Crippen molar-refractivity contribution >= 4 is 0 Å². The Bertz CT molecular complexity index is 470. The van der Waals surface area contributed by atoms with E-state index >= 15 is 0 Å². The predicted molar refractivity (Wildman–Crippen MR) is 79.1 cm³/mol. The van der Waals surface area contributed by atoms with Gasteiger partial charge in [0.25, 0.3) is 0 Å². The fourth-order valence-corrected chi connectivity index (χ4v) is 3.22. The van der Waals surface area contributed by atoms with E-state index in [1.807, 2.05) is 12.1 Å². The molecule has 0 radical (unpaired) electrons. The lowest BCUT2D eigenvalue weighted by atomic mass is 9.94. The summed E-state index contributed by atoms with van der Waals surface area (Å²) in [5.41, 5.74) is 2.15. The molecule has 0 aliphatic carbocycles. The average molecular weight is 276 g/mol. The molecule has 4 nitrogen and oxygen atoms in total. The lowest BCUT2D eigenvalue weighted by Crippen LogP contribution is -2.53. The molecule has 0 aromatic heterocycles. The van der Waals surface area contributed by atoms with E-state index in [4.69, 9.17) is 4.74 Å². The Labute approximate surface area is 120 Å². The summed E-state index contributed by atoms with van der Waals surface area (Å²) in [5, 5.41) is 10.7. The zero-order valence-corrected chi connectivity index (χ0v) is 12.4. The van der Waals surface area contributed by atoms with E-state index in [0.717, 1.165) is 43.9 Å². The third-order valence-corrected chi connectivity index (χ3v) is 4.60. The van der Waals surface area contributed by atoms with Crippen molar-refractivity contribution in [2.24, 2.45) is 0 Å². The number of piperazine rings is 1. The van der Waals surface area contributed by atoms with Crippen LogP contribution in [0.3, 0.4) is 0 Å². The van der Waals surface area contributed by atoms with Crippen LogP contribution in [0.2, 0.25) is 0 Å². The number of hydrogen-bond donors (Lipinski definition) is 1. The first-order valence-corrected chi connectivity index (χ1v) is 7.56. The van der Waals surface area contributed by atoms with E-state index in [-0.39, 0.29) is 6.04 Å². The SMILES string of the molecule is CCc1cccc2c1OCC(N1CCN(C)CC1)C2O. The van der Waals surface area contributed by atoms with Crippen molar-refractivity contribution in [3.8, 4) is 5.75 Å². The Morgan fingerprint density at radius 3 is 2.70 bits per heavy atom. The maximum absolute atomic E-state index is 10.7. The molecule has 1 N–H and O–H groups in total. The van der Waals surface area contributed by atoms with Gasteiger partial charge in [-0.25, -0.2) is 0 Å². The molecule has 1 saturated heterocycles. The Balaban J connectivity index is 1.80. The fraction of sp³-hybridized carbons (Fsp3) is 0.625. The highest BCUT2D eigenvalue weighted by atomic mass is 16.5. The molecule has 1 aromatic carbocycles. The van der Waals surface area contributed by atoms with Gasteiger partial charge in [-0.2, -0.15) is 0 Å². The number of aliphatic hydroxyl groups is 1. The van der Waals surface area contributed by atoms with Crippen LogP contribution in [0, 0.1) is 0 Å². The van der Waals surface area contributed by atoms with Gasteiger partial charge in [0.05, 0.1) is 6.04 Å². The molecule has 1 aromatic rings. The van der Waals surface area contributed by atoms with Gasteiger partial charge in [-0.15, -0.1) is 0 Å². The summed E-state index contributed by atoms with van der Waals surface area (Å²) in [6.07, 6.45) is 0.503. The standard InChI is InChI=1S/C16H24N2O2/c1-3-12-5-4-6-13-15(19)14(11-20-16(12)13)18-9-7-17(2)8-10-18/h4-6,14-15,19H,3,7-11H2,1-2H3. The number of rotatable bonds is 2. The van der Waals surface area contributed by atoms with Crippen molar-refractivity contribution in [1.82, 2.24) is 9.80 Å². The van der Waals surface area contributed by atoms with Crippen molar-refractivity contribution in [3.05, 3.63) is 29.3 Å². The predicted octanol–water partition coefficient (Wildman–Crippen LogP) is 1.29. The Morgan fingerprint density at radius 2 is 2.00 bits per heavy atom. The number of likely N-dealkylation sites (N-methyl/N-ethyl adjacent to an activating group) is 1. The quantitative estimate of drug-likeness (QED) is 0.883. The number of hydrogen-bond acceptors (Lipinski definition) is 4. The number of ether oxygens (including phenoxy) is 1. The normalized spacial score (nSPS) is 27.9. The van der Waals surface area contributed by atoms with E-state index in [1.54, 1.807) is 0 Å². The molecule has 2 aliphatic heterocycles. The number of benzene rings is 1. The van der Waals surface area contributed by atoms with Crippen molar-refractivity contribution < 1.29 is 9.84 Å². The summed E-state index contributed by atoms with van der Waals surface area (Å²) in [6.45, 7) is 6.84. The molecule has 1 fully saturated rings. The van der Waals surface area contributed by atoms with E-state index < -0.39 is 6.10 Å². The van der Waals surface area contributed by atoms with Crippen LogP contribution in [0.25, 0.3) is 0 Å². The molecular weight excluding hydrogens is 252 g/mol. The average Bonchev–Trinajstić information content (AvgIpc) is 2.48. The monoisotopic (exact) mass is 276 g/mol. The summed E-state index contributed by atoms with van der Waals surface area (Å²) in [6, 6.07) is 6.20. The van der Waals surface area contributed by atoms with E-state index in [2.05, 4.69) is 29.8 Å². The highest BCUT2D eigenvalue weighted by Crippen LogP contribution is 2.37. The van der Waals surface area contributed by atoms with Crippen molar-refractivity contribution in [2.75, 3.05) is 39.8 Å². The van der Waals surface area contributed by atoms with Crippen LogP contribution in [0.5, 0.6) is 5.75 Å². The third-order valence-electron chi connectivity index (χ3n) is 4.60. The van der Waals surface area contributed by atoms with Crippen LogP contribution < -0.4 is 4.74 Å². The minimum Gasteiger partial charge on any atom is -0.491 e. The Hall–Kier alpha value is -1.10. The zero-order valence-electron chi connectivity index (χ0n) is 12.4. The first-order valence-electron chi connectivity index (χ1n) is 7.56. The molecular formula is C16H24N2O2. The van der Waals surface area contributed by atoms with Crippen molar-refractivity contribution in [2.45, 2.75) is 25.5 Å². The maximum atomic E-state index is 10.7. The first kappa shape index (κ1) is 13.9. The lowest BCUT2D eigenvalue weighted by Gasteiger charge is -2.42. The molecule has 3 rings (SSSR count). The largest absolute Gasteiger partial charge is 0.491 e. The molecule has 0 amide bonds. The third kappa shape index (κ3) is 2.43. The number of aryl methyl sites for hydroxylation is 1. The van der Waals surface area contributed by atoms with E-state index in [1.165, 1.54) is 5.56 Å². The highest BCUT2D eigenvalue weighted by Gasteiger charge is 2.35. The smallest absolute Gasteiger partial charge is 0.128 e. The molecule has 20 heavy (non-hydrogen) atoms. The summed E-state index contributed by atoms with van der Waals surface area (Å²) in [5.74, 6) is 0.910. The van der Waals surface area contributed by atoms with Gasteiger partial charge in [0, 0.05) is 31.7 Å². The molecule has 2 heterocycles. The number of para-hydroxylation sites is 1. The van der Waals surface area contributed by atoms with Gasteiger partial charge in [-0.3, -0.25) is 4.90 Å². The van der Waals surface area contributed by atoms with Crippen LogP contribution in [0.4, 0.5) is 0 Å². The van der Waals surface area contributed by atoms with Gasteiger partial charge in [0.15, 0.2) is 0 Å². The van der Waals surface area contributed by atoms with Gasteiger partial charge in [0.2, 0.25) is 0 Å². The van der Waals surface area contributed by atoms with Crippen LogP contribution in [0.1, 0.15) is 24.2 Å². The van der Waals surface area contributed by atoms with E-state index in [9.17, 15) is 5.11 Å². The fourth-order valence-electron chi connectivity index (χ4n) is 3.22. The minimum absolute atomic E-state index is 0.0864. The first-order chi connectivity index (χ1) is 9.70. The molecule has 2 unspecified atom stereocenters. The second-order valence-corrected chi connectivity index (χ2v) is 5.85. The molecule has 4 heteroatoms. The van der Waals surface area contributed by atoms with Crippen LogP contribution in [-0.2, 0) is 6.42 Å². The number of fused-ring (bicyclic) bond motifs is 1. The molecule has 2 aliphatic rings. The number of nitrogens with zero attached hydrogens (tertiary/aromatic N) is 2. The van der Waals surface area contributed by atoms with Gasteiger partial charge >= 0.3 is 0 Å². The van der Waals surface area contributed by atoms with Crippen LogP contribution in [0.15, 0.2) is 18.2 Å². The van der Waals surface area contributed by atoms with Gasteiger partial charge in [-0.05, 0) is 19.0 Å². The zero-order chi connectivity index (χ0) is 14.1. The van der Waals surface area contributed by atoms with E-state index in [0.29, 0.717) is 6.61 Å². The summed E-state index contributed by atoms with van der Waals surface area (Å²) < 4.78 is 5.99. The molecule has 0 bridgehead atoms. The second kappa shape index (κ2) is 5.72. The molecule has 110 valence electrons. The van der Waals surface area contributed by atoms with Gasteiger partial charge in [0.1, 0.15) is 18.5 Å².